The Bertz CT molecular complexity index is 887. The van der Waals surface area contributed by atoms with E-state index in [9.17, 15) is 9.59 Å². The number of carbonyl (C=O) groups is 2. The van der Waals surface area contributed by atoms with Gasteiger partial charge in [0.1, 0.15) is 5.75 Å². The van der Waals surface area contributed by atoms with Crippen LogP contribution >= 0.6 is 0 Å². The SMILES string of the molecule is COc1ccccc1C(=O)Nc1ccc(N(C)C)c(C(=O)N2CCC(C)CC2)c1. The molecule has 1 fully saturated rings. The van der Waals surface area contributed by atoms with Crippen molar-refractivity contribution in [1.29, 1.82) is 0 Å². The van der Waals surface area contributed by atoms with Gasteiger partial charge in [0.15, 0.2) is 0 Å². The van der Waals surface area contributed by atoms with Gasteiger partial charge >= 0.3 is 0 Å². The molecular weight excluding hydrogens is 366 g/mol. The van der Waals surface area contributed by atoms with Gasteiger partial charge in [0.25, 0.3) is 11.8 Å². The third kappa shape index (κ3) is 4.70. The highest BCUT2D eigenvalue weighted by atomic mass is 16.5. The van der Waals surface area contributed by atoms with E-state index < -0.39 is 0 Å². The van der Waals surface area contributed by atoms with Crippen LogP contribution in [0.1, 0.15) is 40.5 Å². The molecule has 0 aromatic heterocycles. The van der Waals surface area contributed by atoms with E-state index in [0.717, 1.165) is 31.6 Å². The first-order chi connectivity index (χ1) is 13.9. The normalized spacial score (nSPS) is 14.4. The molecule has 2 amide bonds. The monoisotopic (exact) mass is 395 g/mol. The van der Waals surface area contributed by atoms with Gasteiger partial charge in [-0.25, -0.2) is 0 Å². The van der Waals surface area contributed by atoms with Crippen molar-refractivity contribution in [2.45, 2.75) is 19.8 Å². The minimum atomic E-state index is -0.273. The molecule has 2 aromatic carbocycles. The lowest BCUT2D eigenvalue weighted by molar-refractivity contribution is 0.0697. The topological polar surface area (TPSA) is 61.9 Å². The van der Waals surface area contributed by atoms with Crippen molar-refractivity contribution in [3.05, 3.63) is 53.6 Å². The molecular formula is C23H29N3O3. The van der Waals surface area contributed by atoms with Gasteiger partial charge in [-0.2, -0.15) is 0 Å². The van der Waals surface area contributed by atoms with Gasteiger partial charge in [0.2, 0.25) is 0 Å². The summed E-state index contributed by atoms with van der Waals surface area (Å²) in [6.45, 7) is 3.76. The first kappa shape index (κ1) is 20.7. The molecule has 6 nitrogen and oxygen atoms in total. The first-order valence-corrected chi connectivity index (χ1v) is 9.95. The van der Waals surface area contributed by atoms with Crippen LogP contribution in [0.4, 0.5) is 11.4 Å². The number of nitrogens with zero attached hydrogens (tertiary/aromatic N) is 2. The van der Waals surface area contributed by atoms with E-state index in [4.69, 9.17) is 4.74 Å². The average molecular weight is 396 g/mol. The fraction of sp³-hybridized carbons (Fsp3) is 0.391. The van der Waals surface area contributed by atoms with Gasteiger partial charge in [-0.1, -0.05) is 19.1 Å². The predicted octanol–water partition coefficient (Wildman–Crippen LogP) is 3.89. The summed E-state index contributed by atoms with van der Waals surface area (Å²) in [6, 6.07) is 12.5. The summed E-state index contributed by atoms with van der Waals surface area (Å²) in [6.07, 6.45) is 2.04. The van der Waals surface area contributed by atoms with Crippen LogP contribution < -0.4 is 15.0 Å². The van der Waals surface area contributed by atoms with Gasteiger partial charge in [0, 0.05) is 38.6 Å². The number of piperidine rings is 1. The van der Waals surface area contributed by atoms with E-state index >= 15 is 0 Å². The predicted molar refractivity (Wildman–Crippen MR) is 116 cm³/mol. The Morgan fingerprint density at radius 2 is 1.76 bits per heavy atom. The fourth-order valence-electron chi connectivity index (χ4n) is 3.59. The molecule has 3 rings (SSSR count). The zero-order chi connectivity index (χ0) is 21.0. The third-order valence-electron chi connectivity index (χ3n) is 5.39. The van der Waals surface area contributed by atoms with E-state index in [1.807, 2.05) is 42.1 Å². The van der Waals surface area contributed by atoms with E-state index in [1.54, 1.807) is 24.3 Å². The van der Waals surface area contributed by atoms with Crippen molar-refractivity contribution in [1.82, 2.24) is 4.90 Å². The standard InChI is InChI=1S/C23H29N3O3/c1-16-11-13-26(14-12-16)23(28)19-15-17(9-10-20(19)25(2)3)24-22(27)18-7-5-6-8-21(18)29-4/h5-10,15-16H,11-14H2,1-4H3,(H,24,27). The summed E-state index contributed by atoms with van der Waals surface area (Å²) >= 11 is 0. The number of nitrogens with one attached hydrogen (secondary N) is 1. The van der Waals surface area contributed by atoms with Crippen LogP contribution in [0.15, 0.2) is 42.5 Å². The van der Waals surface area contributed by atoms with Gasteiger partial charge in [0.05, 0.1) is 18.2 Å². The molecule has 2 aromatic rings. The lowest BCUT2D eigenvalue weighted by Crippen LogP contribution is -2.38. The molecule has 1 aliphatic rings. The van der Waals surface area contributed by atoms with Crippen LogP contribution in [-0.4, -0.2) is 51.0 Å². The van der Waals surface area contributed by atoms with Crippen LogP contribution in [0.5, 0.6) is 5.75 Å². The van der Waals surface area contributed by atoms with E-state index in [1.165, 1.54) is 7.11 Å². The minimum Gasteiger partial charge on any atom is -0.496 e. The van der Waals surface area contributed by atoms with Crippen LogP contribution in [-0.2, 0) is 0 Å². The van der Waals surface area contributed by atoms with Crippen LogP contribution in [0.2, 0.25) is 0 Å². The summed E-state index contributed by atoms with van der Waals surface area (Å²) in [5.41, 5.74) is 2.47. The van der Waals surface area contributed by atoms with E-state index in [2.05, 4.69) is 12.2 Å². The summed E-state index contributed by atoms with van der Waals surface area (Å²) in [7, 11) is 5.36. The number of anilines is 2. The number of ether oxygens (including phenoxy) is 1. The smallest absolute Gasteiger partial charge is 0.259 e. The van der Waals surface area contributed by atoms with Gasteiger partial charge in [-0.3, -0.25) is 9.59 Å². The maximum absolute atomic E-state index is 13.2. The number of likely N-dealkylation sites (tertiary alicyclic amines) is 1. The number of carbonyl (C=O) groups excluding carboxylic acids is 2. The lowest BCUT2D eigenvalue weighted by Gasteiger charge is -2.31. The van der Waals surface area contributed by atoms with Crippen molar-refractivity contribution >= 4 is 23.2 Å². The Morgan fingerprint density at radius 1 is 1.07 bits per heavy atom. The maximum atomic E-state index is 13.2. The number of para-hydroxylation sites is 1. The van der Waals surface area contributed by atoms with Crippen molar-refractivity contribution in [2.24, 2.45) is 5.92 Å². The zero-order valence-corrected chi connectivity index (χ0v) is 17.6. The summed E-state index contributed by atoms with van der Waals surface area (Å²) in [4.78, 5) is 29.8. The van der Waals surface area contributed by atoms with Crippen molar-refractivity contribution in [2.75, 3.05) is 44.5 Å². The number of methoxy groups -OCH3 is 1. The minimum absolute atomic E-state index is 0.00832. The maximum Gasteiger partial charge on any atom is 0.259 e. The molecule has 0 atom stereocenters. The molecule has 29 heavy (non-hydrogen) atoms. The summed E-state index contributed by atoms with van der Waals surface area (Å²) in [5, 5.41) is 2.90. The molecule has 1 heterocycles. The molecule has 0 spiro atoms. The average Bonchev–Trinajstić information content (AvgIpc) is 2.73. The lowest BCUT2D eigenvalue weighted by atomic mass is 9.98. The van der Waals surface area contributed by atoms with E-state index in [-0.39, 0.29) is 11.8 Å². The Kier molecular flexibility index (Phi) is 6.42. The van der Waals surface area contributed by atoms with E-state index in [0.29, 0.717) is 28.5 Å². The summed E-state index contributed by atoms with van der Waals surface area (Å²) < 4.78 is 5.28. The van der Waals surface area contributed by atoms with Crippen molar-refractivity contribution in [3.8, 4) is 5.75 Å². The third-order valence-corrected chi connectivity index (χ3v) is 5.39. The van der Waals surface area contributed by atoms with Crippen LogP contribution in [0.3, 0.4) is 0 Å². The molecule has 6 heteroatoms. The van der Waals surface area contributed by atoms with Crippen LogP contribution in [0.25, 0.3) is 0 Å². The number of hydrogen-bond donors (Lipinski definition) is 1. The quantitative estimate of drug-likeness (QED) is 0.834. The highest BCUT2D eigenvalue weighted by molar-refractivity contribution is 6.07. The highest BCUT2D eigenvalue weighted by Gasteiger charge is 2.24. The zero-order valence-electron chi connectivity index (χ0n) is 17.6. The highest BCUT2D eigenvalue weighted by Crippen LogP contribution is 2.27. The van der Waals surface area contributed by atoms with Crippen LogP contribution in [0, 0.1) is 5.92 Å². The molecule has 0 radical (unpaired) electrons. The molecule has 0 aliphatic carbocycles. The van der Waals surface area contributed by atoms with Crippen molar-refractivity contribution < 1.29 is 14.3 Å². The Hall–Kier alpha value is -3.02. The van der Waals surface area contributed by atoms with Gasteiger partial charge in [-0.15, -0.1) is 0 Å². The van der Waals surface area contributed by atoms with Gasteiger partial charge in [-0.05, 0) is 49.1 Å². The molecule has 0 bridgehead atoms. The Balaban J connectivity index is 1.86. The fourth-order valence-corrected chi connectivity index (χ4v) is 3.59. The molecule has 1 N–H and O–H groups in total. The Labute approximate surface area is 172 Å². The second-order valence-corrected chi connectivity index (χ2v) is 7.76. The number of amides is 2. The molecule has 1 aliphatic heterocycles. The second-order valence-electron chi connectivity index (χ2n) is 7.76. The molecule has 1 saturated heterocycles. The molecule has 0 saturated carbocycles. The largest absolute Gasteiger partial charge is 0.496 e. The summed E-state index contributed by atoms with van der Waals surface area (Å²) in [5.74, 6) is 0.895. The second kappa shape index (κ2) is 8.99. The van der Waals surface area contributed by atoms with Crippen molar-refractivity contribution in [3.63, 3.8) is 0 Å². The first-order valence-electron chi connectivity index (χ1n) is 9.95. The molecule has 0 unspecified atom stereocenters. The number of benzene rings is 2. The molecule has 154 valence electrons. The van der Waals surface area contributed by atoms with Gasteiger partial charge < -0.3 is 19.9 Å². The number of rotatable bonds is 5. The number of hydrogen-bond acceptors (Lipinski definition) is 4. The Morgan fingerprint density at radius 3 is 2.41 bits per heavy atom.